The lowest BCUT2D eigenvalue weighted by Gasteiger charge is -2.15. The predicted octanol–water partition coefficient (Wildman–Crippen LogP) is 2.56. The van der Waals surface area contributed by atoms with Crippen molar-refractivity contribution in [2.75, 3.05) is 0 Å². The van der Waals surface area contributed by atoms with Crippen molar-refractivity contribution < 1.29 is 0 Å². The van der Waals surface area contributed by atoms with Crippen molar-refractivity contribution in [1.82, 2.24) is 5.32 Å². The Morgan fingerprint density at radius 1 is 1.45 bits per heavy atom. The van der Waals surface area contributed by atoms with Crippen molar-refractivity contribution >= 4 is 0 Å². The Labute approximate surface area is 70.6 Å². The highest BCUT2D eigenvalue weighted by molar-refractivity contribution is 5.11. The van der Waals surface area contributed by atoms with Crippen LogP contribution in [0.3, 0.4) is 0 Å². The molecule has 0 aromatic heterocycles. The van der Waals surface area contributed by atoms with Gasteiger partial charge in [0.15, 0.2) is 0 Å². The average molecular weight is 155 g/mol. The molecule has 1 heterocycles. The minimum absolute atomic E-state index is 0.531. The van der Waals surface area contributed by atoms with Gasteiger partial charge < -0.3 is 5.32 Å². The van der Waals surface area contributed by atoms with Gasteiger partial charge in [-0.3, -0.25) is 0 Å². The maximum Gasteiger partial charge on any atom is 0.0337 e. The third-order valence-electron chi connectivity index (χ3n) is 2.72. The van der Waals surface area contributed by atoms with E-state index >= 15 is 0 Å². The van der Waals surface area contributed by atoms with Crippen molar-refractivity contribution in [2.45, 2.75) is 58.5 Å². The fraction of sp³-hybridized carbons (Fsp3) is 1.00. The molecule has 11 heavy (non-hydrogen) atoms. The van der Waals surface area contributed by atoms with Gasteiger partial charge in [0.2, 0.25) is 0 Å². The summed E-state index contributed by atoms with van der Waals surface area (Å²) in [6, 6.07) is 0.768. The van der Waals surface area contributed by atoms with Crippen LogP contribution in [0.1, 0.15) is 47.0 Å². The molecule has 0 saturated carbocycles. The standard InChI is InChI=1S/C10H21N/c1-5-6-10(7-8(2)3)9(4)11-10/h8-9,11H,5-7H2,1-4H3. The Morgan fingerprint density at radius 2 is 2.00 bits per heavy atom. The second kappa shape index (κ2) is 3.14. The summed E-state index contributed by atoms with van der Waals surface area (Å²) < 4.78 is 0. The van der Waals surface area contributed by atoms with Crippen LogP contribution in [0.15, 0.2) is 0 Å². The molecule has 1 saturated heterocycles. The molecule has 1 N–H and O–H groups in total. The Bertz CT molecular complexity index is 131. The lowest BCUT2D eigenvalue weighted by atomic mass is 9.90. The lowest BCUT2D eigenvalue weighted by molar-refractivity contribution is 0.428. The van der Waals surface area contributed by atoms with E-state index in [1.165, 1.54) is 19.3 Å². The van der Waals surface area contributed by atoms with Crippen LogP contribution >= 0.6 is 0 Å². The SMILES string of the molecule is CCCC1(CC(C)C)NC1C. The molecule has 1 aliphatic heterocycles. The van der Waals surface area contributed by atoms with Gasteiger partial charge in [0, 0.05) is 11.6 Å². The van der Waals surface area contributed by atoms with E-state index in [4.69, 9.17) is 0 Å². The highest BCUT2D eigenvalue weighted by Gasteiger charge is 2.48. The molecule has 1 nitrogen and oxygen atoms in total. The van der Waals surface area contributed by atoms with Gasteiger partial charge in [-0.05, 0) is 25.7 Å². The van der Waals surface area contributed by atoms with Gasteiger partial charge in [-0.25, -0.2) is 0 Å². The van der Waals surface area contributed by atoms with Crippen LogP contribution in [0.4, 0.5) is 0 Å². The van der Waals surface area contributed by atoms with Crippen molar-refractivity contribution in [3.8, 4) is 0 Å². The molecule has 0 bridgehead atoms. The van der Waals surface area contributed by atoms with Crippen LogP contribution < -0.4 is 5.32 Å². The maximum atomic E-state index is 3.58. The van der Waals surface area contributed by atoms with Crippen LogP contribution in [-0.2, 0) is 0 Å². The van der Waals surface area contributed by atoms with Gasteiger partial charge in [-0.2, -0.15) is 0 Å². The summed E-state index contributed by atoms with van der Waals surface area (Å²) >= 11 is 0. The molecule has 0 aromatic rings. The smallest absolute Gasteiger partial charge is 0.0337 e. The molecule has 1 heteroatoms. The van der Waals surface area contributed by atoms with Gasteiger partial charge in [-0.15, -0.1) is 0 Å². The summed E-state index contributed by atoms with van der Waals surface area (Å²) in [6.45, 7) is 9.20. The third kappa shape index (κ3) is 1.96. The van der Waals surface area contributed by atoms with Gasteiger partial charge in [0.05, 0.1) is 0 Å². The molecule has 2 unspecified atom stereocenters. The molecule has 0 aromatic carbocycles. The van der Waals surface area contributed by atoms with E-state index in [1.54, 1.807) is 0 Å². The summed E-state index contributed by atoms with van der Waals surface area (Å²) in [5.74, 6) is 0.832. The molecular weight excluding hydrogens is 134 g/mol. The summed E-state index contributed by atoms with van der Waals surface area (Å²) in [7, 11) is 0. The Balaban J connectivity index is 2.37. The van der Waals surface area contributed by atoms with Crippen LogP contribution in [0.2, 0.25) is 0 Å². The molecule has 1 aliphatic rings. The van der Waals surface area contributed by atoms with E-state index in [0.29, 0.717) is 5.54 Å². The first kappa shape index (κ1) is 9.05. The quantitative estimate of drug-likeness (QED) is 0.619. The van der Waals surface area contributed by atoms with Crippen molar-refractivity contribution in [2.24, 2.45) is 5.92 Å². The van der Waals surface area contributed by atoms with E-state index in [2.05, 4.69) is 33.0 Å². The first-order valence-electron chi connectivity index (χ1n) is 4.88. The van der Waals surface area contributed by atoms with Crippen molar-refractivity contribution in [1.29, 1.82) is 0 Å². The van der Waals surface area contributed by atoms with Crippen molar-refractivity contribution in [3.63, 3.8) is 0 Å². The third-order valence-corrected chi connectivity index (χ3v) is 2.72. The maximum absolute atomic E-state index is 3.58. The highest BCUT2D eigenvalue weighted by atomic mass is 15.2. The Kier molecular flexibility index (Phi) is 2.58. The van der Waals surface area contributed by atoms with E-state index < -0.39 is 0 Å². The average Bonchev–Trinajstić information content (AvgIpc) is 2.40. The zero-order chi connectivity index (χ0) is 8.48. The van der Waals surface area contributed by atoms with Gasteiger partial charge in [0.25, 0.3) is 0 Å². The van der Waals surface area contributed by atoms with E-state index in [-0.39, 0.29) is 0 Å². The predicted molar refractivity (Wildman–Crippen MR) is 49.7 cm³/mol. The minimum Gasteiger partial charge on any atom is -0.305 e. The number of nitrogens with one attached hydrogen (secondary N) is 1. The number of hydrogen-bond donors (Lipinski definition) is 1. The first-order chi connectivity index (χ1) is 5.10. The summed E-state index contributed by atoms with van der Waals surface area (Å²) in [4.78, 5) is 0. The summed E-state index contributed by atoms with van der Waals surface area (Å²) in [5, 5.41) is 3.58. The Morgan fingerprint density at radius 3 is 2.27 bits per heavy atom. The van der Waals surface area contributed by atoms with E-state index in [1.807, 2.05) is 0 Å². The zero-order valence-corrected chi connectivity index (χ0v) is 8.28. The topological polar surface area (TPSA) is 21.9 Å². The van der Waals surface area contributed by atoms with Gasteiger partial charge in [0.1, 0.15) is 0 Å². The summed E-state index contributed by atoms with van der Waals surface area (Å²) in [5.41, 5.74) is 0.531. The molecule has 0 aliphatic carbocycles. The molecular formula is C10H21N. The molecule has 0 radical (unpaired) electrons. The van der Waals surface area contributed by atoms with Crippen LogP contribution in [-0.4, -0.2) is 11.6 Å². The number of hydrogen-bond acceptors (Lipinski definition) is 1. The normalized spacial score (nSPS) is 36.3. The van der Waals surface area contributed by atoms with E-state index in [9.17, 15) is 0 Å². The fourth-order valence-corrected chi connectivity index (χ4v) is 2.19. The van der Waals surface area contributed by atoms with Crippen LogP contribution in [0.5, 0.6) is 0 Å². The largest absolute Gasteiger partial charge is 0.305 e. The second-order valence-corrected chi connectivity index (χ2v) is 4.37. The fourth-order valence-electron chi connectivity index (χ4n) is 2.19. The molecule has 1 rings (SSSR count). The second-order valence-electron chi connectivity index (χ2n) is 4.37. The van der Waals surface area contributed by atoms with Gasteiger partial charge in [-0.1, -0.05) is 27.2 Å². The molecule has 0 amide bonds. The molecule has 2 atom stereocenters. The van der Waals surface area contributed by atoms with Crippen molar-refractivity contribution in [3.05, 3.63) is 0 Å². The number of rotatable bonds is 4. The molecule has 1 fully saturated rings. The molecule has 66 valence electrons. The Hall–Kier alpha value is -0.0400. The zero-order valence-electron chi connectivity index (χ0n) is 8.28. The van der Waals surface area contributed by atoms with Gasteiger partial charge >= 0.3 is 0 Å². The van der Waals surface area contributed by atoms with Crippen LogP contribution in [0, 0.1) is 5.92 Å². The monoisotopic (exact) mass is 155 g/mol. The van der Waals surface area contributed by atoms with Crippen LogP contribution in [0.25, 0.3) is 0 Å². The minimum atomic E-state index is 0.531. The first-order valence-corrected chi connectivity index (χ1v) is 4.88. The molecule has 0 spiro atoms. The lowest BCUT2D eigenvalue weighted by Crippen LogP contribution is -2.19. The highest BCUT2D eigenvalue weighted by Crippen LogP contribution is 2.37. The van der Waals surface area contributed by atoms with E-state index in [0.717, 1.165) is 12.0 Å². The summed E-state index contributed by atoms with van der Waals surface area (Å²) in [6.07, 6.45) is 4.01.